The van der Waals surface area contributed by atoms with Crippen molar-refractivity contribution in [2.24, 2.45) is 0 Å². The molecular weight excluding hydrogens is 671 g/mol. The second-order valence-electron chi connectivity index (χ2n) is 13.7. The number of fused-ring (bicyclic) bond motifs is 4. The van der Waals surface area contributed by atoms with Gasteiger partial charge in [-0.1, -0.05) is 164 Å². The summed E-state index contributed by atoms with van der Waals surface area (Å²) in [4.78, 5) is 2.44. The number of anilines is 3. The number of para-hydroxylation sites is 2. The van der Waals surface area contributed by atoms with Gasteiger partial charge in [-0.25, -0.2) is 0 Å². The minimum atomic E-state index is 1.10. The lowest BCUT2D eigenvalue weighted by molar-refractivity contribution is 1.28. The number of hydrogen-bond donors (Lipinski definition) is 0. The summed E-state index contributed by atoms with van der Waals surface area (Å²) in [6.07, 6.45) is 0. The molecule has 0 saturated heterocycles. The molecule has 0 radical (unpaired) electrons. The van der Waals surface area contributed by atoms with Crippen LogP contribution in [-0.4, -0.2) is 0 Å². The molecule has 1 aromatic heterocycles. The third kappa shape index (κ3) is 5.74. The van der Waals surface area contributed by atoms with Crippen LogP contribution in [0.1, 0.15) is 0 Å². The summed E-state index contributed by atoms with van der Waals surface area (Å²) in [5.74, 6) is 0. The molecule has 0 unspecified atom stereocenters. The van der Waals surface area contributed by atoms with E-state index in [4.69, 9.17) is 0 Å². The maximum absolute atomic E-state index is 2.44. The smallest absolute Gasteiger partial charge is 0.0540 e. The topological polar surface area (TPSA) is 3.24 Å². The van der Waals surface area contributed by atoms with E-state index in [-0.39, 0.29) is 0 Å². The molecule has 0 aliphatic heterocycles. The highest BCUT2D eigenvalue weighted by Gasteiger charge is 2.21. The monoisotopic (exact) mass is 705 g/mol. The Balaban J connectivity index is 1.16. The van der Waals surface area contributed by atoms with Gasteiger partial charge in [-0.2, -0.15) is 0 Å². The van der Waals surface area contributed by atoms with Crippen molar-refractivity contribution in [3.05, 3.63) is 212 Å². The zero-order valence-electron chi connectivity index (χ0n) is 29.6. The lowest BCUT2D eigenvalue weighted by Crippen LogP contribution is -2.12. The minimum Gasteiger partial charge on any atom is -0.309 e. The molecule has 10 aromatic rings. The summed E-state index contributed by atoms with van der Waals surface area (Å²) in [6, 6.07) is 77.2. The SMILES string of the molecule is c1ccc(-c2ccc(N(c3ccccc3-c3cccc(-c4cccc5ccccc45)c3)c3ccccc3-c3ccc4sc5ccccc5c4c3)cc2)cc1. The van der Waals surface area contributed by atoms with Crippen LogP contribution in [-0.2, 0) is 0 Å². The lowest BCUT2D eigenvalue weighted by atomic mass is 9.94. The predicted molar refractivity (Wildman–Crippen MR) is 233 cm³/mol. The summed E-state index contributed by atoms with van der Waals surface area (Å²) in [5.41, 5.74) is 12.9. The Hall–Kier alpha value is -6.74. The first kappa shape index (κ1) is 32.0. The molecular formula is C52H35NS. The van der Waals surface area contributed by atoms with Crippen LogP contribution >= 0.6 is 11.3 Å². The molecule has 54 heavy (non-hydrogen) atoms. The van der Waals surface area contributed by atoms with Crippen LogP contribution in [0.25, 0.3) is 75.5 Å². The summed E-state index contributed by atoms with van der Waals surface area (Å²) < 4.78 is 2.62. The largest absolute Gasteiger partial charge is 0.309 e. The molecule has 1 heterocycles. The Labute approximate surface area is 319 Å². The molecule has 0 N–H and O–H groups in total. The van der Waals surface area contributed by atoms with Crippen molar-refractivity contribution in [2.75, 3.05) is 4.90 Å². The van der Waals surface area contributed by atoms with E-state index in [1.807, 2.05) is 11.3 Å². The van der Waals surface area contributed by atoms with Crippen molar-refractivity contribution >= 4 is 59.3 Å². The minimum absolute atomic E-state index is 1.10. The van der Waals surface area contributed by atoms with Crippen LogP contribution in [0.3, 0.4) is 0 Å². The third-order valence-corrected chi connectivity index (χ3v) is 11.6. The lowest BCUT2D eigenvalue weighted by Gasteiger charge is -2.30. The van der Waals surface area contributed by atoms with E-state index in [2.05, 4.69) is 217 Å². The molecule has 2 heteroatoms. The second-order valence-corrected chi connectivity index (χ2v) is 14.8. The first-order valence-electron chi connectivity index (χ1n) is 18.4. The maximum Gasteiger partial charge on any atom is 0.0540 e. The molecule has 0 aliphatic rings. The van der Waals surface area contributed by atoms with Gasteiger partial charge in [0.05, 0.1) is 11.4 Å². The van der Waals surface area contributed by atoms with Crippen LogP contribution in [0.5, 0.6) is 0 Å². The van der Waals surface area contributed by atoms with Crippen LogP contribution in [0, 0.1) is 0 Å². The fourth-order valence-corrected chi connectivity index (χ4v) is 8.98. The van der Waals surface area contributed by atoms with Crippen LogP contribution < -0.4 is 4.90 Å². The second kappa shape index (κ2) is 13.7. The average molecular weight is 706 g/mol. The zero-order valence-corrected chi connectivity index (χ0v) is 30.4. The number of rotatable bonds is 7. The Kier molecular flexibility index (Phi) is 8.09. The van der Waals surface area contributed by atoms with Gasteiger partial charge in [0.2, 0.25) is 0 Å². The van der Waals surface area contributed by atoms with E-state index in [1.54, 1.807) is 0 Å². The van der Waals surface area contributed by atoms with E-state index >= 15 is 0 Å². The Bertz CT molecular complexity index is 2930. The Morgan fingerprint density at radius 3 is 1.57 bits per heavy atom. The van der Waals surface area contributed by atoms with Crippen molar-refractivity contribution in [3.8, 4) is 44.5 Å². The van der Waals surface area contributed by atoms with Gasteiger partial charge in [0.1, 0.15) is 0 Å². The van der Waals surface area contributed by atoms with E-state index < -0.39 is 0 Å². The normalized spacial score (nSPS) is 11.3. The molecule has 1 nitrogen and oxygen atoms in total. The highest BCUT2D eigenvalue weighted by atomic mass is 32.1. The highest BCUT2D eigenvalue weighted by Crippen LogP contribution is 2.46. The number of hydrogen-bond acceptors (Lipinski definition) is 2. The standard InChI is InChI=1S/C52H35NS/c1-2-14-36(15-3-1)37-28-31-42(32-29-37)53(50-26-10-7-22-46(50)41-30-33-52-48(35-41)47-23-8-11-27-51(47)54-52)49-25-9-6-21-45(49)40-19-12-18-39(34-40)44-24-13-17-38-16-4-5-20-43(38)44/h1-35H. The first-order chi connectivity index (χ1) is 26.8. The molecule has 10 rings (SSSR count). The molecule has 0 atom stereocenters. The zero-order chi connectivity index (χ0) is 35.8. The van der Waals surface area contributed by atoms with Gasteiger partial charge in [0, 0.05) is 37.0 Å². The quantitative estimate of drug-likeness (QED) is 0.160. The molecule has 0 amide bonds. The average Bonchev–Trinajstić information content (AvgIpc) is 3.63. The summed E-state index contributed by atoms with van der Waals surface area (Å²) in [6.45, 7) is 0. The van der Waals surface area contributed by atoms with Crippen molar-refractivity contribution in [1.82, 2.24) is 0 Å². The molecule has 0 bridgehead atoms. The van der Waals surface area contributed by atoms with Gasteiger partial charge in [-0.05, 0) is 92.7 Å². The van der Waals surface area contributed by atoms with E-state index in [1.165, 1.54) is 75.5 Å². The highest BCUT2D eigenvalue weighted by molar-refractivity contribution is 7.25. The van der Waals surface area contributed by atoms with Gasteiger partial charge in [0.25, 0.3) is 0 Å². The third-order valence-electron chi connectivity index (χ3n) is 10.5. The summed E-state index contributed by atoms with van der Waals surface area (Å²) >= 11 is 1.86. The van der Waals surface area contributed by atoms with Crippen molar-refractivity contribution in [3.63, 3.8) is 0 Å². The molecule has 9 aromatic carbocycles. The number of nitrogens with zero attached hydrogens (tertiary/aromatic N) is 1. The van der Waals surface area contributed by atoms with Gasteiger partial charge >= 0.3 is 0 Å². The van der Waals surface area contributed by atoms with Gasteiger partial charge in [-0.3, -0.25) is 0 Å². The number of thiophene rings is 1. The molecule has 0 spiro atoms. The molecule has 0 fully saturated rings. The van der Waals surface area contributed by atoms with Gasteiger partial charge < -0.3 is 4.90 Å². The van der Waals surface area contributed by atoms with Crippen LogP contribution in [0.2, 0.25) is 0 Å². The van der Waals surface area contributed by atoms with Crippen molar-refractivity contribution in [1.29, 1.82) is 0 Å². The van der Waals surface area contributed by atoms with Crippen molar-refractivity contribution in [2.45, 2.75) is 0 Å². The fraction of sp³-hybridized carbons (Fsp3) is 0. The van der Waals surface area contributed by atoms with Gasteiger partial charge in [-0.15, -0.1) is 11.3 Å². The van der Waals surface area contributed by atoms with Crippen LogP contribution in [0.15, 0.2) is 212 Å². The molecule has 254 valence electrons. The fourth-order valence-electron chi connectivity index (χ4n) is 7.89. The molecule has 0 saturated carbocycles. The number of benzene rings is 9. The predicted octanol–water partition coefficient (Wildman–Crippen LogP) is 15.3. The van der Waals surface area contributed by atoms with E-state index in [0.29, 0.717) is 0 Å². The van der Waals surface area contributed by atoms with Crippen molar-refractivity contribution < 1.29 is 0 Å². The summed E-state index contributed by atoms with van der Waals surface area (Å²) in [7, 11) is 0. The Morgan fingerprint density at radius 1 is 0.296 bits per heavy atom. The Morgan fingerprint density at radius 2 is 0.796 bits per heavy atom. The van der Waals surface area contributed by atoms with E-state index in [9.17, 15) is 0 Å². The van der Waals surface area contributed by atoms with Gasteiger partial charge in [0.15, 0.2) is 0 Å². The van der Waals surface area contributed by atoms with E-state index in [0.717, 1.165) is 17.1 Å². The molecule has 0 aliphatic carbocycles. The first-order valence-corrected chi connectivity index (χ1v) is 19.2. The maximum atomic E-state index is 2.44. The van der Waals surface area contributed by atoms with Crippen LogP contribution in [0.4, 0.5) is 17.1 Å². The summed E-state index contributed by atoms with van der Waals surface area (Å²) in [5, 5.41) is 5.11.